The van der Waals surface area contributed by atoms with Crippen molar-refractivity contribution in [2.45, 2.75) is 12.3 Å². The van der Waals surface area contributed by atoms with Gasteiger partial charge in [-0.05, 0) is 22.9 Å². The summed E-state index contributed by atoms with van der Waals surface area (Å²) in [5.74, 6) is 2.69. The average molecular weight is 543 g/mol. The van der Waals surface area contributed by atoms with Crippen molar-refractivity contribution in [1.29, 1.82) is 0 Å². The summed E-state index contributed by atoms with van der Waals surface area (Å²) >= 11 is 0. The molecule has 0 saturated heterocycles. The zero-order chi connectivity index (χ0) is 27.6. The molecule has 1 unspecified atom stereocenters. The van der Waals surface area contributed by atoms with Gasteiger partial charge in [0.1, 0.15) is 28.3 Å². The minimum atomic E-state index is -0.0750. The number of fused-ring (bicyclic) bond motifs is 8. The van der Waals surface area contributed by atoms with Crippen molar-refractivity contribution < 1.29 is 8.83 Å². The summed E-state index contributed by atoms with van der Waals surface area (Å²) in [6.07, 6.45) is 8.62. The van der Waals surface area contributed by atoms with Crippen molar-refractivity contribution in [3.8, 4) is 22.8 Å². The molecule has 0 N–H and O–H groups in total. The molecule has 4 heterocycles. The lowest BCUT2D eigenvalue weighted by Gasteiger charge is -2.16. The van der Waals surface area contributed by atoms with Gasteiger partial charge in [-0.3, -0.25) is 4.98 Å². The second kappa shape index (κ2) is 8.94. The van der Waals surface area contributed by atoms with Gasteiger partial charge in [0.05, 0.1) is 5.56 Å². The van der Waals surface area contributed by atoms with E-state index in [1.807, 2.05) is 72.9 Å². The van der Waals surface area contributed by atoms with E-state index in [0.29, 0.717) is 29.5 Å². The van der Waals surface area contributed by atoms with Gasteiger partial charge in [-0.2, -0.15) is 0 Å². The molecule has 1 atom stereocenters. The Morgan fingerprint density at radius 2 is 1.45 bits per heavy atom. The van der Waals surface area contributed by atoms with Crippen molar-refractivity contribution in [2.75, 3.05) is 0 Å². The fraction of sp³-hybridized carbons (Fsp3) is 0.0556. The molecule has 0 radical (unpaired) electrons. The van der Waals surface area contributed by atoms with E-state index in [4.69, 9.17) is 23.8 Å². The molecule has 4 aromatic carbocycles. The topological polar surface area (TPSA) is 77.8 Å². The molecule has 42 heavy (non-hydrogen) atoms. The number of para-hydroxylation sites is 1. The highest BCUT2D eigenvalue weighted by Crippen LogP contribution is 2.39. The van der Waals surface area contributed by atoms with E-state index >= 15 is 0 Å². The molecule has 6 heteroatoms. The van der Waals surface area contributed by atoms with E-state index in [9.17, 15) is 0 Å². The Bertz CT molecular complexity index is 2350. The quantitative estimate of drug-likeness (QED) is 0.222. The summed E-state index contributed by atoms with van der Waals surface area (Å²) < 4.78 is 12.7. The SMILES string of the molecule is C1=CC(c2nc(-c3ccccc3)nc(-c3cncc4c3oc3ccc5ccccc5c34)n2)Cc2oc3ccccc3c21. The lowest BCUT2D eigenvalue weighted by molar-refractivity contribution is 0.527. The molecule has 1 aliphatic carbocycles. The zero-order valence-corrected chi connectivity index (χ0v) is 22.4. The first-order valence-corrected chi connectivity index (χ1v) is 14.0. The Kier molecular flexibility index (Phi) is 4.92. The number of hydrogen-bond donors (Lipinski definition) is 0. The molecule has 8 aromatic rings. The van der Waals surface area contributed by atoms with Crippen molar-refractivity contribution in [1.82, 2.24) is 19.9 Å². The smallest absolute Gasteiger partial charge is 0.169 e. The van der Waals surface area contributed by atoms with Gasteiger partial charge in [-0.25, -0.2) is 15.0 Å². The molecule has 0 amide bonds. The van der Waals surface area contributed by atoms with E-state index < -0.39 is 0 Å². The summed E-state index contributed by atoms with van der Waals surface area (Å²) in [5.41, 5.74) is 5.20. The lowest BCUT2D eigenvalue weighted by atomic mass is 9.93. The molecular weight excluding hydrogens is 520 g/mol. The number of allylic oxidation sites excluding steroid dienone is 1. The van der Waals surface area contributed by atoms with Crippen molar-refractivity contribution >= 4 is 49.8 Å². The zero-order valence-electron chi connectivity index (χ0n) is 22.4. The maximum Gasteiger partial charge on any atom is 0.169 e. The number of rotatable bonds is 3. The van der Waals surface area contributed by atoms with E-state index in [-0.39, 0.29) is 5.92 Å². The fourth-order valence-corrected chi connectivity index (χ4v) is 6.12. The monoisotopic (exact) mass is 542 g/mol. The van der Waals surface area contributed by atoms with Crippen molar-refractivity contribution in [3.05, 3.63) is 127 Å². The Labute approximate surface area is 240 Å². The van der Waals surface area contributed by atoms with Crippen LogP contribution in [0, 0.1) is 0 Å². The number of hydrogen-bond acceptors (Lipinski definition) is 6. The van der Waals surface area contributed by atoms with Gasteiger partial charge in [0.15, 0.2) is 11.6 Å². The maximum atomic E-state index is 6.49. The van der Waals surface area contributed by atoms with Crippen LogP contribution in [0.1, 0.15) is 23.1 Å². The van der Waals surface area contributed by atoms with Crippen LogP contribution >= 0.6 is 0 Å². The van der Waals surface area contributed by atoms with Gasteiger partial charge in [0, 0.05) is 52.0 Å². The highest BCUT2D eigenvalue weighted by atomic mass is 16.3. The third kappa shape index (κ3) is 3.52. The summed E-state index contributed by atoms with van der Waals surface area (Å²) in [6, 6.07) is 30.6. The molecule has 6 nitrogen and oxygen atoms in total. The fourth-order valence-electron chi connectivity index (χ4n) is 6.12. The van der Waals surface area contributed by atoms with Crippen LogP contribution in [0.2, 0.25) is 0 Å². The predicted molar refractivity (Wildman–Crippen MR) is 165 cm³/mol. The van der Waals surface area contributed by atoms with Crippen LogP contribution in [-0.2, 0) is 6.42 Å². The second-order valence-corrected chi connectivity index (χ2v) is 10.6. The van der Waals surface area contributed by atoms with Crippen LogP contribution in [0.5, 0.6) is 0 Å². The minimum Gasteiger partial charge on any atom is -0.460 e. The molecule has 0 bridgehead atoms. The van der Waals surface area contributed by atoms with Crippen LogP contribution in [0.3, 0.4) is 0 Å². The van der Waals surface area contributed by atoms with E-state index in [0.717, 1.165) is 60.5 Å². The standard InChI is InChI=1S/C36H22N4O2/c1-2-9-22(10-3-1)34-38-35(23-14-16-26-25-12-6-7-13-29(25)41-31(26)18-23)40-36(39-34)28-20-37-19-27-32-24-11-5-4-8-21(24)15-17-30(32)42-33(27)28/h1-17,19-20,23H,18H2. The Morgan fingerprint density at radius 1 is 0.643 bits per heavy atom. The van der Waals surface area contributed by atoms with Crippen LogP contribution in [0.15, 0.2) is 118 Å². The third-order valence-electron chi connectivity index (χ3n) is 8.14. The highest BCUT2D eigenvalue weighted by Gasteiger charge is 2.26. The first kappa shape index (κ1) is 23.1. The minimum absolute atomic E-state index is 0.0750. The number of benzene rings is 4. The largest absolute Gasteiger partial charge is 0.460 e. The van der Waals surface area contributed by atoms with E-state index in [2.05, 4.69) is 41.4 Å². The number of furan rings is 2. The summed E-state index contributed by atoms with van der Waals surface area (Å²) in [6.45, 7) is 0. The van der Waals surface area contributed by atoms with Gasteiger partial charge in [-0.1, -0.05) is 91.0 Å². The Balaban J connectivity index is 1.24. The third-order valence-corrected chi connectivity index (χ3v) is 8.14. The second-order valence-electron chi connectivity index (χ2n) is 10.6. The Hall–Kier alpha value is -5.62. The number of nitrogens with zero attached hydrogens (tertiary/aromatic N) is 4. The Morgan fingerprint density at radius 3 is 2.38 bits per heavy atom. The number of aromatic nitrogens is 4. The first-order chi connectivity index (χ1) is 20.8. The summed E-state index contributed by atoms with van der Waals surface area (Å²) in [7, 11) is 0. The molecule has 0 aliphatic heterocycles. The van der Waals surface area contributed by atoms with Crippen LogP contribution in [-0.4, -0.2) is 19.9 Å². The maximum absolute atomic E-state index is 6.49. The molecule has 0 spiro atoms. The van der Waals surface area contributed by atoms with Gasteiger partial charge >= 0.3 is 0 Å². The summed E-state index contributed by atoms with van der Waals surface area (Å²) in [4.78, 5) is 19.6. The van der Waals surface area contributed by atoms with Gasteiger partial charge in [0.25, 0.3) is 0 Å². The van der Waals surface area contributed by atoms with Crippen molar-refractivity contribution in [2.24, 2.45) is 0 Å². The molecule has 198 valence electrons. The normalized spacial score (nSPS) is 14.7. The van der Waals surface area contributed by atoms with Gasteiger partial charge in [0.2, 0.25) is 0 Å². The number of pyridine rings is 1. The van der Waals surface area contributed by atoms with Crippen LogP contribution in [0.25, 0.3) is 72.5 Å². The lowest BCUT2D eigenvalue weighted by Crippen LogP contribution is -2.11. The molecular formula is C36H22N4O2. The van der Waals surface area contributed by atoms with E-state index in [1.165, 1.54) is 0 Å². The molecule has 4 aromatic heterocycles. The molecule has 1 aliphatic rings. The highest BCUT2D eigenvalue weighted by molar-refractivity contribution is 6.20. The van der Waals surface area contributed by atoms with E-state index in [1.54, 1.807) is 6.20 Å². The average Bonchev–Trinajstić information content (AvgIpc) is 3.63. The predicted octanol–water partition coefficient (Wildman–Crippen LogP) is 8.75. The molecule has 0 saturated carbocycles. The van der Waals surface area contributed by atoms with Crippen LogP contribution < -0.4 is 0 Å². The summed E-state index contributed by atoms with van der Waals surface area (Å²) in [5, 5.41) is 5.39. The molecule has 9 rings (SSSR count). The van der Waals surface area contributed by atoms with Crippen LogP contribution in [0.4, 0.5) is 0 Å². The van der Waals surface area contributed by atoms with Gasteiger partial charge in [-0.15, -0.1) is 0 Å². The first-order valence-electron chi connectivity index (χ1n) is 14.0. The van der Waals surface area contributed by atoms with Gasteiger partial charge < -0.3 is 8.83 Å². The molecule has 0 fully saturated rings. The van der Waals surface area contributed by atoms with Crippen molar-refractivity contribution in [3.63, 3.8) is 0 Å².